The van der Waals surface area contributed by atoms with Crippen LogP contribution < -0.4 is 5.56 Å². The molecule has 0 saturated carbocycles. The molecule has 2 rings (SSSR count). The number of nitrogens with zero attached hydrogens (tertiary/aromatic N) is 2. The summed E-state index contributed by atoms with van der Waals surface area (Å²) < 4.78 is 2.66. The molecule has 3 nitrogen and oxygen atoms in total. The highest BCUT2D eigenvalue weighted by Gasteiger charge is 2.02. The first-order valence-corrected chi connectivity index (χ1v) is 6.21. The van der Waals surface area contributed by atoms with Gasteiger partial charge in [0.25, 0.3) is 5.56 Å². The maximum absolute atomic E-state index is 11.9. The zero-order chi connectivity index (χ0) is 12.3. The van der Waals surface area contributed by atoms with Crippen molar-refractivity contribution in [2.75, 3.05) is 0 Å². The van der Waals surface area contributed by atoms with E-state index in [1.807, 2.05) is 37.5 Å². The molecule has 0 radical (unpaired) electrons. The van der Waals surface area contributed by atoms with E-state index in [-0.39, 0.29) is 5.56 Å². The molecule has 0 bridgehead atoms. The van der Waals surface area contributed by atoms with E-state index in [4.69, 9.17) is 0 Å². The summed E-state index contributed by atoms with van der Waals surface area (Å²) in [5.41, 5.74) is 1.96. The average molecular weight is 293 g/mol. The van der Waals surface area contributed by atoms with Crippen LogP contribution in [0.25, 0.3) is 0 Å². The third-order valence-corrected chi connectivity index (χ3v) is 3.03. The Labute approximate surface area is 108 Å². The molecule has 0 unspecified atom stereocenters. The van der Waals surface area contributed by atoms with Gasteiger partial charge in [0, 0.05) is 35.2 Å². The van der Waals surface area contributed by atoms with E-state index in [9.17, 15) is 4.79 Å². The number of pyridine rings is 2. The lowest BCUT2D eigenvalue weighted by Gasteiger charge is -2.07. The van der Waals surface area contributed by atoms with Gasteiger partial charge in [-0.25, -0.2) is 0 Å². The fourth-order valence-corrected chi connectivity index (χ4v) is 2.29. The lowest BCUT2D eigenvalue weighted by atomic mass is 10.2. The Kier molecular flexibility index (Phi) is 3.74. The van der Waals surface area contributed by atoms with Crippen LogP contribution in [0.2, 0.25) is 0 Å². The molecule has 0 aliphatic heterocycles. The normalized spacial score (nSPS) is 10.5. The van der Waals surface area contributed by atoms with Gasteiger partial charge in [-0.2, -0.15) is 0 Å². The molecular formula is C13H13BrN2O. The highest BCUT2D eigenvalue weighted by atomic mass is 79.9. The topological polar surface area (TPSA) is 34.9 Å². The molecule has 0 spiro atoms. The van der Waals surface area contributed by atoms with E-state index < -0.39 is 0 Å². The number of hydrogen-bond donors (Lipinski definition) is 0. The van der Waals surface area contributed by atoms with E-state index >= 15 is 0 Å². The minimum atomic E-state index is 0.0668. The summed E-state index contributed by atoms with van der Waals surface area (Å²) in [6.07, 6.45) is 6.21. The smallest absolute Gasteiger partial charge is 0.253 e. The molecule has 0 amide bonds. The third kappa shape index (κ3) is 3.03. The largest absolute Gasteiger partial charge is 0.314 e. The van der Waals surface area contributed by atoms with Gasteiger partial charge >= 0.3 is 0 Å². The summed E-state index contributed by atoms with van der Waals surface area (Å²) in [4.78, 5) is 15.9. The SMILES string of the molecule is Cc1cc(Br)cn(CCc2cccnc2)c1=O. The zero-order valence-corrected chi connectivity index (χ0v) is 11.1. The van der Waals surface area contributed by atoms with Crippen LogP contribution in [-0.2, 0) is 13.0 Å². The maximum Gasteiger partial charge on any atom is 0.253 e. The Hall–Kier alpha value is -1.42. The highest BCUT2D eigenvalue weighted by Crippen LogP contribution is 2.08. The molecule has 0 atom stereocenters. The van der Waals surface area contributed by atoms with E-state index in [1.54, 1.807) is 10.8 Å². The van der Waals surface area contributed by atoms with Gasteiger partial charge in [0.1, 0.15) is 0 Å². The van der Waals surface area contributed by atoms with Gasteiger partial charge in [-0.15, -0.1) is 0 Å². The van der Waals surface area contributed by atoms with Crippen LogP contribution in [0.1, 0.15) is 11.1 Å². The standard InChI is InChI=1S/C13H13BrN2O/c1-10-7-12(14)9-16(13(10)17)6-4-11-3-2-5-15-8-11/h2-3,5,7-9H,4,6H2,1H3. The molecule has 0 N–H and O–H groups in total. The van der Waals surface area contributed by atoms with Crippen molar-refractivity contribution in [3.8, 4) is 0 Å². The van der Waals surface area contributed by atoms with Crippen LogP contribution in [0.4, 0.5) is 0 Å². The van der Waals surface area contributed by atoms with Crippen molar-refractivity contribution < 1.29 is 0 Å². The molecule has 2 heterocycles. The van der Waals surface area contributed by atoms with Crippen molar-refractivity contribution in [1.82, 2.24) is 9.55 Å². The fraction of sp³-hybridized carbons (Fsp3) is 0.231. The van der Waals surface area contributed by atoms with Crippen molar-refractivity contribution in [3.63, 3.8) is 0 Å². The number of rotatable bonds is 3. The van der Waals surface area contributed by atoms with Crippen molar-refractivity contribution in [2.24, 2.45) is 0 Å². The van der Waals surface area contributed by atoms with Gasteiger partial charge < -0.3 is 4.57 Å². The molecule has 17 heavy (non-hydrogen) atoms. The Morgan fingerprint density at radius 2 is 2.29 bits per heavy atom. The monoisotopic (exact) mass is 292 g/mol. The first kappa shape index (κ1) is 12.0. The first-order valence-electron chi connectivity index (χ1n) is 5.42. The zero-order valence-electron chi connectivity index (χ0n) is 9.56. The van der Waals surface area contributed by atoms with Crippen LogP contribution in [0.3, 0.4) is 0 Å². The van der Waals surface area contributed by atoms with Gasteiger partial charge in [-0.1, -0.05) is 6.07 Å². The predicted molar refractivity (Wildman–Crippen MR) is 71.1 cm³/mol. The van der Waals surface area contributed by atoms with E-state index in [2.05, 4.69) is 20.9 Å². The van der Waals surface area contributed by atoms with Crippen LogP contribution in [0, 0.1) is 6.92 Å². The first-order chi connectivity index (χ1) is 8.16. The lowest BCUT2D eigenvalue weighted by molar-refractivity contribution is 0.662. The van der Waals surface area contributed by atoms with Crippen LogP contribution in [-0.4, -0.2) is 9.55 Å². The second kappa shape index (κ2) is 5.27. The summed E-state index contributed by atoms with van der Waals surface area (Å²) in [6.45, 7) is 2.50. The molecule has 88 valence electrons. The minimum Gasteiger partial charge on any atom is -0.314 e. The van der Waals surface area contributed by atoms with Crippen LogP contribution in [0.15, 0.2) is 46.1 Å². The van der Waals surface area contributed by atoms with Crippen molar-refractivity contribution in [2.45, 2.75) is 19.9 Å². The quantitative estimate of drug-likeness (QED) is 0.871. The summed E-state index contributed by atoms with van der Waals surface area (Å²) in [7, 11) is 0. The number of halogens is 1. The number of aromatic nitrogens is 2. The molecular weight excluding hydrogens is 280 g/mol. The van der Waals surface area contributed by atoms with Gasteiger partial charge in [-0.3, -0.25) is 9.78 Å². The molecule has 4 heteroatoms. The number of hydrogen-bond acceptors (Lipinski definition) is 2. The fourth-order valence-electron chi connectivity index (χ4n) is 1.70. The Bertz CT molecular complexity index is 563. The number of aryl methyl sites for hydroxylation is 3. The minimum absolute atomic E-state index is 0.0668. The Balaban J connectivity index is 2.17. The summed E-state index contributed by atoms with van der Waals surface area (Å²) in [5.74, 6) is 0. The summed E-state index contributed by atoms with van der Waals surface area (Å²) >= 11 is 3.40. The van der Waals surface area contributed by atoms with Crippen molar-refractivity contribution in [3.05, 3.63) is 62.7 Å². The molecule has 0 fully saturated rings. The van der Waals surface area contributed by atoms with E-state index in [1.165, 1.54) is 0 Å². The molecule has 0 saturated heterocycles. The molecule has 2 aromatic rings. The van der Waals surface area contributed by atoms with E-state index in [0.717, 1.165) is 22.0 Å². The molecule has 0 aliphatic rings. The maximum atomic E-state index is 11.9. The van der Waals surface area contributed by atoms with Gasteiger partial charge in [0.15, 0.2) is 0 Å². The Morgan fingerprint density at radius 3 is 3.00 bits per heavy atom. The summed E-state index contributed by atoms with van der Waals surface area (Å²) in [5, 5.41) is 0. The van der Waals surface area contributed by atoms with Gasteiger partial charge in [0.2, 0.25) is 0 Å². The predicted octanol–water partition coefficient (Wildman–Crippen LogP) is 2.56. The van der Waals surface area contributed by atoms with Gasteiger partial charge in [0.05, 0.1) is 0 Å². The second-order valence-corrected chi connectivity index (χ2v) is 4.87. The van der Waals surface area contributed by atoms with Crippen LogP contribution >= 0.6 is 15.9 Å². The highest BCUT2D eigenvalue weighted by molar-refractivity contribution is 9.10. The molecule has 0 aliphatic carbocycles. The molecule has 2 aromatic heterocycles. The lowest BCUT2D eigenvalue weighted by Crippen LogP contribution is -2.22. The van der Waals surface area contributed by atoms with Crippen molar-refractivity contribution >= 4 is 15.9 Å². The second-order valence-electron chi connectivity index (χ2n) is 3.95. The van der Waals surface area contributed by atoms with Crippen LogP contribution in [0.5, 0.6) is 0 Å². The molecule has 0 aromatic carbocycles. The third-order valence-electron chi connectivity index (χ3n) is 2.60. The van der Waals surface area contributed by atoms with E-state index in [0.29, 0.717) is 6.54 Å². The van der Waals surface area contributed by atoms with Crippen molar-refractivity contribution in [1.29, 1.82) is 0 Å². The average Bonchev–Trinajstić information content (AvgIpc) is 2.33. The Morgan fingerprint density at radius 1 is 1.47 bits per heavy atom. The summed E-state index contributed by atoms with van der Waals surface area (Å²) in [6, 6.07) is 5.76. The van der Waals surface area contributed by atoms with Gasteiger partial charge in [-0.05, 0) is 47.0 Å².